The van der Waals surface area contributed by atoms with Crippen LogP contribution in [0.25, 0.3) is 0 Å². The smallest absolute Gasteiger partial charge is 0.273 e. The molecule has 1 aliphatic rings. The molecule has 0 bridgehead atoms. The van der Waals surface area contributed by atoms with Crippen LogP contribution in [0.1, 0.15) is 23.7 Å². The number of hydrogen-bond acceptors (Lipinski definition) is 4. The van der Waals surface area contributed by atoms with Crippen molar-refractivity contribution < 1.29 is 14.1 Å². The van der Waals surface area contributed by atoms with Crippen LogP contribution in [0, 0.1) is 27.8 Å². The number of nitrogens with two attached hydrogens (primary N) is 1. The predicted molar refractivity (Wildman–Crippen MR) is 75.3 cm³/mol. The third-order valence-corrected chi connectivity index (χ3v) is 4.04. The van der Waals surface area contributed by atoms with E-state index in [1.165, 1.54) is 0 Å². The van der Waals surface area contributed by atoms with Gasteiger partial charge in [0, 0.05) is 24.7 Å². The highest BCUT2D eigenvalue weighted by Crippen LogP contribution is 2.25. The fourth-order valence-corrected chi connectivity index (χ4v) is 2.63. The second kappa shape index (κ2) is 6.17. The maximum atomic E-state index is 13.4. The summed E-state index contributed by atoms with van der Waals surface area (Å²) in [7, 11) is 0. The standard InChI is InChI=1S/C14H18FN3O3/c1-9-2-3-17(8-11(9)7-16)14(19)10-4-12(15)6-13(5-10)18(20)21/h4-6,9,11H,2-3,7-8,16H2,1H3. The summed E-state index contributed by atoms with van der Waals surface area (Å²) in [6.07, 6.45) is 0.824. The molecule has 0 spiro atoms. The highest BCUT2D eigenvalue weighted by atomic mass is 19.1. The lowest BCUT2D eigenvalue weighted by atomic mass is 9.87. The summed E-state index contributed by atoms with van der Waals surface area (Å²) in [5.74, 6) is -0.539. The largest absolute Gasteiger partial charge is 0.338 e. The van der Waals surface area contributed by atoms with Gasteiger partial charge in [0.2, 0.25) is 0 Å². The maximum absolute atomic E-state index is 13.4. The van der Waals surface area contributed by atoms with E-state index >= 15 is 0 Å². The molecule has 2 atom stereocenters. The molecule has 2 unspecified atom stereocenters. The Kier molecular flexibility index (Phi) is 4.52. The fourth-order valence-electron chi connectivity index (χ4n) is 2.63. The summed E-state index contributed by atoms with van der Waals surface area (Å²) in [6.45, 7) is 3.63. The molecule has 2 rings (SSSR count). The van der Waals surface area contributed by atoms with Gasteiger partial charge in [0.25, 0.3) is 11.6 Å². The van der Waals surface area contributed by atoms with Gasteiger partial charge >= 0.3 is 0 Å². The molecule has 114 valence electrons. The number of nitro benzene ring substituents is 1. The summed E-state index contributed by atoms with van der Waals surface area (Å²) in [5.41, 5.74) is 5.28. The molecule has 7 heteroatoms. The zero-order valence-corrected chi connectivity index (χ0v) is 11.8. The molecule has 1 fully saturated rings. The molecular formula is C14H18FN3O3. The number of amides is 1. The lowest BCUT2D eigenvalue weighted by Crippen LogP contribution is -2.45. The van der Waals surface area contributed by atoms with Crippen LogP contribution in [0.5, 0.6) is 0 Å². The van der Waals surface area contributed by atoms with Gasteiger partial charge in [-0.25, -0.2) is 4.39 Å². The third-order valence-electron chi connectivity index (χ3n) is 4.04. The molecule has 1 amide bonds. The van der Waals surface area contributed by atoms with Gasteiger partial charge < -0.3 is 10.6 Å². The summed E-state index contributed by atoms with van der Waals surface area (Å²) >= 11 is 0. The fraction of sp³-hybridized carbons (Fsp3) is 0.500. The van der Waals surface area contributed by atoms with Crippen LogP contribution in [0.15, 0.2) is 18.2 Å². The van der Waals surface area contributed by atoms with Crippen LogP contribution in [0.4, 0.5) is 10.1 Å². The van der Waals surface area contributed by atoms with Crippen LogP contribution in [0.3, 0.4) is 0 Å². The summed E-state index contributed by atoms with van der Waals surface area (Å²) in [4.78, 5) is 24.0. The van der Waals surface area contributed by atoms with Gasteiger partial charge in [-0.1, -0.05) is 6.92 Å². The van der Waals surface area contributed by atoms with E-state index in [0.29, 0.717) is 25.6 Å². The average Bonchev–Trinajstić information content (AvgIpc) is 2.46. The number of non-ortho nitro benzene ring substituents is 1. The minimum atomic E-state index is -0.784. The van der Waals surface area contributed by atoms with Gasteiger partial charge in [-0.15, -0.1) is 0 Å². The Morgan fingerprint density at radius 2 is 2.24 bits per heavy atom. The highest BCUT2D eigenvalue weighted by molar-refractivity contribution is 5.95. The number of nitrogens with zero attached hydrogens (tertiary/aromatic N) is 2. The van der Waals surface area contributed by atoms with Crippen LogP contribution >= 0.6 is 0 Å². The first-order chi connectivity index (χ1) is 9.92. The molecule has 2 N–H and O–H groups in total. The van der Waals surface area contributed by atoms with Crippen molar-refractivity contribution in [2.75, 3.05) is 19.6 Å². The van der Waals surface area contributed by atoms with Crippen molar-refractivity contribution >= 4 is 11.6 Å². The van der Waals surface area contributed by atoms with Gasteiger partial charge in [-0.05, 0) is 30.9 Å². The van der Waals surface area contributed by atoms with Crippen molar-refractivity contribution in [2.24, 2.45) is 17.6 Å². The van der Waals surface area contributed by atoms with Crippen molar-refractivity contribution in [1.82, 2.24) is 4.90 Å². The van der Waals surface area contributed by atoms with Crippen LogP contribution in [-0.2, 0) is 0 Å². The third kappa shape index (κ3) is 3.36. The number of benzene rings is 1. The molecule has 0 radical (unpaired) electrons. The van der Waals surface area contributed by atoms with E-state index in [0.717, 1.165) is 24.6 Å². The van der Waals surface area contributed by atoms with Crippen molar-refractivity contribution in [1.29, 1.82) is 0 Å². The lowest BCUT2D eigenvalue weighted by molar-refractivity contribution is -0.385. The first-order valence-corrected chi connectivity index (χ1v) is 6.86. The Bertz CT molecular complexity index is 564. The molecule has 0 saturated carbocycles. The van der Waals surface area contributed by atoms with Crippen molar-refractivity contribution in [3.63, 3.8) is 0 Å². The SMILES string of the molecule is CC1CCN(C(=O)c2cc(F)cc([N+](=O)[O-])c2)CC1CN. The van der Waals surface area contributed by atoms with E-state index in [2.05, 4.69) is 6.92 Å². The van der Waals surface area contributed by atoms with Gasteiger partial charge in [-0.3, -0.25) is 14.9 Å². The predicted octanol–water partition coefficient (Wildman–Crippen LogP) is 1.79. The maximum Gasteiger partial charge on any atom is 0.273 e. The molecule has 6 nitrogen and oxygen atoms in total. The monoisotopic (exact) mass is 295 g/mol. The number of likely N-dealkylation sites (tertiary alicyclic amines) is 1. The number of carbonyl (C=O) groups is 1. The normalized spacial score (nSPS) is 22.1. The average molecular weight is 295 g/mol. The second-order valence-corrected chi connectivity index (χ2v) is 5.47. The Labute approximate surface area is 121 Å². The number of hydrogen-bond donors (Lipinski definition) is 1. The summed E-state index contributed by atoms with van der Waals surface area (Å²) < 4.78 is 13.4. The second-order valence-electron chi connectivity index (χ2n) is 5.47. The number of carbonyl (C=O) groups excluding carboxylic acids is 1. The van der Waals surface area contributed by atoms with E-state index in [9.17, 15) is 19.3 Å². The highest BCUT2D eigenvalue weighted by Gasteiger charge is 2.29. The number of halogens is 1. The molecular weight excluding hydrogens is 277 g/mol. The number of rotatable bonds is 3. The summed E-state index contributed by atoms with van der Waals surface area (Å²) in [6, 6.07) is 2.95. The van der Waals surface area contributed by atoms with E-state index in [-0.39, 0.29) is 17.4 Å². The van der Waals surface area contributed by atoms with Crippen molar-refractivity contribution in [2.45, 2.75) is 13.3 Å². The molecule has 0 aliphatic carbocycles. The lowest BCUT2D eigenvalue weighted by Gasteiger charge is -2.36. The van der Waals surface area contributed by atoms with E-state index in [1.807, 2.05) is 0 Å². The number of piperidine rings is 1. The van der Waals surface area contributed by atoms with Crippen LogP contribution < -0.4 is 5.73 Å². The molecule has 1 aliphatic heterocycles. The quantitative estimate of drug-likeness (QED) is 0.680. The van der Waals surface area contributed by atoms with Gasteiger partial charge in [0.05, 0.1) is 11.0 Å². The Morgan fingerprint density at radius 3 is 2.86 bits per heavy atom. The molecule has 1 heterocycles. The Hall–Kier alpha value is -2.02. The minimum absolute atomic E-state index is 0.00650. The molecule has 21 heavy (non-hydrogen) atoms. The van der Waals surface area contributed by atoms with Crippen LogP contribution in [-0.4, -0.2) is 35.4 Å². The molecule has 1 aromatic carbocycles. The Morgan fingerprint density at radius 1 is 1.52 bits per heavy atom. The van der Waals surface area contributed by atoms with Crippen molar-refractivity contribution in [3.8, 4) is 0 Å². The number of nitro groups is 1. The van der Waals surface area contributed by atoms with E-state index < -0.39 is 16.4 Å². The topological polar surface area (TPSA) is 89.5 Å². The van der Waals surface area contributed by atoms with Crippen molar-refractivity contribution in [3.05, 3.63) is 39.7 Å². The van der Waals surface area contributed by atoms with Gasteiger partial charge in [0.1, 0.15) is 5.82 Å². The zero-order chi connectivity index (χ0) is 15.6. The molecule has 1 aromatic rings. The minimum Gasteiger partial charge on any atom is -0.338 e. The molecule has 0 aromatic heterocycles. The Balaban J connectivity index is 2.22. The summed E-state index contributed by atoms with van der Waals surface area (Å²) in [5, 5.41) is 10.7. The first-order valence-electron chi connectivity index (χ1n) is 6.86. The van der Waals surface area contributed by atoms with Gasteiger partial charge in [-0.2, -0.15) is 0 Å². The van der Waals surface area contributed by atoms with Gasteiger partial charge in [0.15, 0.2) is 0 Å². The van der Waals surface area contributed by atoms with E-state index in [4.69, 9.17) is 5.73 Å². The first kappa shape index (κ1) is 15.4. The van der Waals surface area contributed by atoms with Crippen LogP contribution in [0.2, 0.25) is 0 Å². The molecule has 1 saturated heterocycles. The zero-order valence-electron chi connectivity index (χ0n) is 11.8. The van der Waals surface area contributed by atoms with E-state index in [1.54, 1.807) is 4.90 Å².